The van der Waals surface area contributed by atoms with Crippen molar-refractivity contribution in [2.45, 2.75) is 33.1 Å². The Labute approximate surface area is 115 Å². The molecule has 1 atom stereocenters. The standard InChI is InChI=1S/C16H24FNO/c1-4-5-8-11-18(3)12-13(2)16(19)14-9-6-7-10-15(14)17/h6-7,9-10,13H,4-5,8,11-12H2,1-3H3. The van der Waals surface area contributed by atoms with Gasteiger partial charge in [0.15, 0.2) is 5.78 Å². The van der Waals surface area contributed by atoms with E-state index in [4.69, 9.17) is 0 Å². The molecule has 0 amide bonds. The van der Waals surface area contributed by atoms with E-state index in [0.717, 1.165) is 13.0 Å². The van der Waals surface area contributed by atoms with Gasteiger partial charge in [-0.2, -0.15) is 0 Å². The first-order valence-corrected chi connectivity index (χ1v) is 7.03. The first-order valence-electron chi connectivity index (χ1n) is 7.03. The van der Waals surface area contributed by atoms with E-state index in [1.807, 2.05) is 14.0 Å². The number of unbranched alkanes of at least 4 members (excludes halogenated alkanes) is 2. The van der Waals surface area contributed by atoms with E-state index in [2.05, 4.69) is 11.8 Å². The average Bonchev–Trinajstić information content (AvgIpc) is 2.38. The number of hydrogen-bond acceptors (Lipinski definition) is 2. The number of rotatable bonds is 8. The van der Waals surface area contributed by atoms with E-state index >= 15 is 0 Å². The number of ketones is 1. The Bertz CT molecular complexity index is 405. The summed E-state index contributed by atoms with van der Waals surface area (Å²) in [5.41, 5.74) is 0.206. The lowest BCUT2D eigenvalue weighted by molar-refractivity contribution is 0.0898. The smallest absolute Gasteiger partial charge is 0.169 e. The molecule has 0 fully saturated rings. The molecule has 0 aliphatic rings. The number of carbonyl (C=O) groups is 1. The second-order valence-electron chi connectivity index (χ2n) is 5.21. The van der Waals surface area contributed by atoms with Crippen molar-refractivity contribution in [2.24, 2.45) is 5.92 Å². The molecule has 0 saturated heterocycles. The lowest BCUT2D eigenvalue weighted by Crippen LogP contribution is -2.30. The van der Waals surface area contributed by atoms with Crippen LogP contribution in [0.3, 0.4) is 0 Å². The third-order valence-corrected chi connectivity index (χ3v) is 3.32. The van der Waals surface area contributed by atoms with Gasteiger partial charge in [-0.1, -0.05) is 38.8 Å². The van der Waals surface area contributed by atoms with E-state index < -0.39 is 5.82 Å². The lowest BCUT2D eigenvalue weighted by atomic mass is 9.98. The van der Waals surface area contributed by atoms with E-state index in [9.17, 15) is 9.18 Å². The van der Waals surface area contributed by atoms with Gasteiger partial charge in [0.25, 0.3) is 0 Å². The zero-order valence-electron chi connectivity index (χ0n) is 12.2. The van der Waals surface area contributed by atoms with Crippen LogP contribution in [0.15, 0.2) is 24.3 Å². The number of Topliss-reactive ketones (excluding diaryl/α,β-unsaturated/α-hetero) is 1. The van der Waals surface area contributed by atoms with Gasteiger partial charge in [0.1, 0.15) is 5.82 Å². The van der Waals surface area contributed by atoms with Crippen molar-refractivity contribution in [1.29, 1.82) is 0 Å². The Balaban J connectivity index is 2.51. The van der Waals surface area contributed by atoms with Gasteiger partial charge in [0.05, 0.1) is 5.56 Å². The lowest BCUT2D eigenvalue weighted by Gasteiger charge is -2.20. The van der Waals surface area contributed by atoms with Crippen LogP contribution in [0.4, 0.5) is 4.39 Å². The van der Waals surface area contributed by atoms with Crippen molar-refractivity contribution in [3.63, 3.8) is 0 Å². The molecule has 0 spiro atoms. The second kappa shape index (κ2) is 8.05. The molecule has 1 rings (SSSR count). The molecule has 0 radical (unpaired) electrons. The van der Waals surface area contributed by atoms with Gasteiger partial charge in [-0.05, 0) is 32.1 Å². The molecule has 3 heteroatoms. The summed E-state index contributed by atoms with van der Waals surface area (Å²) in [5.74, 6) is -0.711. The van der Waals surface area contributed by atoms with Crippen molar-refractivity contribution >= 4 is 5.78 Å². The van der Waals surface area contributed by atoms with E-state index in [1.165, 1.54) is 18.9 Å². The summed E-state index contributed by atoms with van der Waals surface area (Å²) in [6, 6.07) is 6.21. The number of nitrogens with zero attached hydrogens (tertiary/aromatic N) is 1. The Morgan fingerprint density at radius 3 is 2.63 bits per heavy atom. The van der Waals surface area contributed by atoms with Crippen molar-refractivity contribution < 1.29 is 9.18 Å². The van der Waals surface area contributed by atoms with Gasteiger partial charge < -0.3 is 4.90 Å². The predicted molar refractivity (Wildman–Crippen MR) is 76.9 cm³/mol. The molecule has 1 aromatic carbocycles. The van der Waals surface area contributed by atoms with Crippen LogP contribution in [0, 0.1) is 11.7 Å². The molecule has 0 aliphatic carbocycles. The van der Waals surface area contributed by atoms with Crippen LogP contribution >= 0.6 is 0 Å². The Kier molecular flexibility index (Phi) is 6.71. The third-order valence-electron chi connectivity index (χ3n) is 3.32. The SMILES string of the molecule is CCCCCN(C)CC(C)C(=O)c1ccccc1F. The fourth-order valence-electron chi connectivity index (χ4n) is 2.20. The van der Waals surface area contributed by atoms with E-state index in [0.29, 0.717) is 6.54 Å². The Morgan fingerprint density at radius 2 is 2.00 bits per heavy atom. The van der Waals surface area contributed by atoms with Crippen molar-refractivity contribution in [2.75, 3.05) is 20.1 Å². The summed E-state index contributed by atoms with van der Waals surface area (Å²) < 4.78 is 13.6. The normalized spacial score (nSPS) is 12.7. The van der Waals surface area contributed by atoms with Gasteiger partial charge in [-0.3, -0.25) is 4.79 Å². The maximum atomic E-state index is 13.6. The highest BCUT2D eigenvalue weighted by molar-refractivity contribution is 5.98. The molecule has 0 saturated carbocycles. The topological polar surface area (TPSA) is 20.3 Å². The highest BCUT2D eigenvalue weighted by atomic mass is 19.1. The summed E-state index contributed by atoms with van der Waals surface area (Å²) in [7, 11) is 2.01. The molecule has 0 heterocycles. The minimum Gasteiger partial charge on any atom is -0.306 e. The van der Waals surface area contributed by atoms with Gasteiger partial charge in [-0.25, -0.2) is 4.39 Å². The molecule has 2 nitrogen and oxygen atoms in total. The van der Waals surface area contributed by atoms with Gasteiger partial charge in [0, 0.05) is 12.5 Å². The van der Waals surface area contributed by atoms with Gasteiger partial charge in [-0.15, -0.1) is 0 Å². The Hall–Kier alpha value is -1.22. The van der Waals surface area contributed by atoms with Crippen LogP contribution in [0.1, 0.15) is 43.5 Å². The number of carbonyl (C=O) groups excluding carboxylic acids is 1. The maximum absolute atomic E-state index is 13.6. The molecule has 1 aromatic rings. The quantitative estimate of drug-likeness (QED) is 0.527. The van der Waals surface area contributed by atoms with Crippen molar-refractivity contribution in [3.8, 4) is 0 Å². The van der Waals surface area contributed by atoms with Crippen LogP contribution in [0.25, 0.3) is 0 Å². The number of halogens is 1. The first-order chi connectivity index (χ1) is 9.06. The van der Waals surface area contributed by atoms with Crippen molar-refractivity contribution in [1.82, 2.24) is 4.90 Å². The summed E-state index contributed by atoms with van der Waals surface area (Å²) >= 11 is 0. The predicted octanol–water partition coefficient (Wildman–Crippen LogP) is 3.77. The van der Waals surface area contributed by atoms with Crippen LogP contribution in [0.5, 0.6) is 0 Å². The number of hydrogen-bond donors (Lipinski definition) is 0. The van der Waals surface area contributed by atoms with Crippen molar-refractivity contribution in [3.05, 3.63) is 35.6 Å². The molecule has 1 unspecified atom stereocenters. The van der Waals surface area contributed by atoms with E-state index in [-0.39, 0.29) is 17.3 Å². The summed E-state index contributed by atoms with van der Waals surface area (Å²) in [5, 5.41) is 0. The van der Waals surface area contributed by atoms with Crippen LogP contribution in [0.2, 0.25) is 0 Å². The molecule has 19 heavy (non-hydrogen) atoms. The zero-order chi connectivity index (χ0) is 14.3. The summed E-state index contributed by atoms with van der Waals surface area (Å²) in [4.78, 5) is 14.3. The Morgan fingerprint density at radius 1 is 1.32 bits per heavy atom. The first kappa shape index (κ1) is 15.8. The monoisotopic (exact) mass is 265 g/mol. The zero-order valence-corrected chi connectivity index (χ0v) is 12.2. The third kappa shape index (κ3) is 5.11. The van der Waals surface area contributed by atoms with Gasteiger partial charge in [0.2, 0.25) is 0 Å². The van der Waals surface area contributed by atoms with E-state index in [1.54, 1.807) is 18.2 Å². The molecule has 0 aromatic heterocycles. The summed E-state index contributed by atoms with van der Waals surface area (Å²) in [6.45, 7) is 5.70. The molecule has 0 bridgehead atoms. The molecular weight excluding hydrogens is 241 g/mol. The molecule has 106 valence electrons. The van der Waals surface area contributed by atoms with Crippen LogP contribution in [-0.4, -0.2) is 30.8 Å². The highest BCUT2D eigenvalue weighted by Crippen LogP contribution is 2.13. The molecule has 0 aliphatic heterocycles. The molecular formula is C16H24FNO. The maximum Gasteiger partial charge on any atom is 0.169 e. The fraction of sp³-hybridized carbons (Fsp3) is 0.562. The van der Waals surface area contributed by atoms with Gasteiger partial charge >= 0.3 is 0 Å². The fourth-order valence-corrected chi connectivity index (χ4v) is 2.20. The largest absolute Gasteiger partial charge is 0.306 e. The second-order valence-corrected chi connectivity index (χ2v) is 5.21. The van der Waals surface area contributed by atoms with Crippen LogP contribution < -0.4 is 0 Å². The summed E-state index contributed by atoms with van der Waals surface area (Å²) in [6.07, 6.45) is 3.55. The minimum atomic E-state index is -0.423. The average molecular weight is 265 g/mol. The molecule has 0 N–H and O–H groups in total. The number of benzene rings is 1. The minimum absolute atomic E-state index is 0.111. The van der Waals surface area contributed by atoms with Crippen LogP contribution in [-0.2, 0) is 0 Å². The highest BCUT2D eigenvalue weighted by Gasteiger charge is 2.19.